The molecule has 0 saturated carbocycles. The Bertz CT molecular complexity index is 368. The van der Waals surface area contributed by atoms with Gasteiger partial charge in [0.05, 0.1) is 17.3 Å². The average molecular weight is 257 g/mol. The second-order valence-electron chi connectivity index (χ2n) is 4.41. The average Bonchev–Trinajstić information content (AvgIpc) is 2.28. The van der Waals surface area contributed by atoms with Crippen molar-refractivity contribution < 1.29 is 4.74 Å². The highest BCUT2D eigenvalue weighted by Crippen LogP contribution is 2.28. The first-order valence-electron chi connectivity index (χ1n) is 5.74. The highest BCUT2D eigenvalue weighted by molar-refractivity contribution is 6.33. The lowest BCUT2D eigenvalue weighted by atomic mass is 10.1. The zero-order chi connectivity index (χ0) is 13.0. The van der Waals surface area contributed by atoms with E-state index in [1.165, 1.54) is 0 Å². The minimum absolute atomic E-state index is 0.00301. The zero-order valence-corrected chi connectivity index (χ0v) is 11.7. The first kappa shape index (κ1) is 14.3. The van der Waals surface area contributed by atoms with E-state index in [0.29, 0.717) is 6.61 Å². The molecular weight excluding hydrogens is 236 g/mol. The molecular formula is C13H21ClN2O. The predicted octanol–water partition coefficient (Wildman–Crippen LogP) is 2.83. The fourth-order valence-electron chi connectivity index (χ4n) is 1.68. The summed E-state index contributed by atoms with van der Waals surface area (Å²) in [6.07, 6.45) is 0. The van der Waals surface area contributed by atoms with Gasteiger partial charge in [-0.2, -0.15) is 0 Å². The van der Waals surface area contributed by atoms with Crippen LogP contribution in [0.3, 0.4) is 0 Å². The van der Waals surface area contributed by atoms with Crippen molar-refractivity contribution in [1.29, 1.82) is 0 Å². The molecule has 0 radical (unpaired) electrons. The van der Waals surface area contributed by atoms with Crippen LogP contribution in [0.15, 0.2) is 18.2 Å². The van der Waals surface area contributed by atoms with Gasteiger partial charge >= 0.3 is 0 Å². The molecule has 2 atom stereocenters. The van der Waals surface area contributed by atoms with Crippen LogP contribution < -0.4 is 10.6 Å². The third-order valence-electron chi connectivity index (χ3n) is 2.95. The van der Waals surface area contributed by atoms with Crippen molar-refractivity contribution in [2.24, 2.45) is 5.73 Å². The Morgan fingerprint density at radius 3 is 2.53 bits per heavy atom. The maximum Gasteiger partial charge on any atom is 0.0663 e. The lowest BCUT2D eigenvalue weighted by Gasteiger charge is -2.27. The standard InChI is InChI=1S/C13H21ClN2O/c1-9(8-17-4)16(3)13-6-5-11(10(2)15)7-12(13)14/h5-7,9-10H,8,15H2,1-4H3. The van der Waals surface area contributed by atoms with Crippen molar-refractivity contribution in [2.45, 2.75) is 25.9 Å². The lowest BCUT2D eigenvalue weighted by molar-refractivity contribution is 0.183. The summed E-state index contributed by atoms with van der Waals surface area (Å²) in [6.45, 7) is 4.71. The van der Waals surface area contributed by atoms with Gasteiger partial charge in [0.2, 0.25) is 0 Å². The summed E-state index contributed by atoms with van der Waals surface area (Å²) >= 11 is 6.27. The topological polar surface area (TPSA) is 38.5 Å². The predicted molar refractivity (Wildman–Crippen MR) is 73.8 cm³/mol. The molecule has 0 aliphatic heterocycles. The minimum atomic E-state index is 0.00301. The van der Waals surface area contributed by atoms with Crippen molar-refractivity contribution in [3.8, 4) is 0 Å². The van der Waals surface area contributed by atoms with Crippen LogP contribution in [0.2, 0.25) is 5.02 Å². The van der Waals surface area contributed by atoms with Gasteiger partial charge in [-0.25, -0.2) is 0 Å². The number of ether oxygens (including phenoxy) is 1. The quantitative estimate of drug-likeness (QED) is 0.881. The van der Waals surface area contributed by atoms with E-state index in [-0.39, 0.29) is 12.1 Å². The van der Waals surface area contributed by atoms with Gasteiger partial charge in [-0.1, -0.05) is 17.7 Å². The summed E-state index contributed by atoms with van der Waals surface area (Å²) in [5, 5.41) is 0.727. The number of halogens is 1. The molecule has 0 amide bonds. The lowest BCUT2D eigenvalue weighted by Crippen LogP contribution is -2.32. The number of benzene rings is 1. The van der Waals surface area contributed by atoms with Crippen LogP contribution in [0.5, 0.6) is 0 Å². The van der Waals surface area contributed by atoms with Gasteiger partial charge in [0, 0.05) is 26.2 Å². The molecule has 2 N–H and O–H groups in total. The highest BCUT2D eigenvalue weighted by Gasteiger charge is 2.13. The number of hydrogen-bond donors (Lipinski definition) is 1. The number of methoxy groups -OCH3 is 1. The monoisotopic (exact) mass is 256 g/mol. The van der Waals surface area contributed by atoms with Crippen LogP contribution in [0.25, 0.3) is 0 Å². The molecule has 0 saturated heterocycles. The molecule has 0 fully saturated rings. The molecule has 0 heterocycles. The van der Waals surface area contributed by atoms with Crippen molar-refractivity contribution in [1.82, 2.24) is 0 Å². The molecule has 1 rings (SSSR count). The Morgan fingerprint density at radius 2 is 2.06 bits per heavy atom. The molecule has 0 aromatic heterocycles. The van der Waals surface area contributed by atoms with Crippen LogP contribution >= 0.6 is 11.6 Å². The van der Waals surface area contributed by atoms with E-state index >= 15 is 0 Å². The van der Waals surface area contributed by atoms with Gasteiger partial charge in [-0.3, -0.25) is 0 Å². The number of likely N-dealkylation sites (N-methyl/N-ethyl adjacent to an activating group) is 1. The third kappa shape index (κ3) is 3.60. The molecule has 4 heteroatoms. The second kappa shape index (κ2) is 6.24. The minimum Gasteiger partial charge on any atom is -0.383 e. The van der Waals surface area contributed by atoms with Gasteiger partial charge in [0.15, 0.2) is 0 Å². The fourth-order valence-corrected chi connectivity index (χ4v) is 2.01. The van der Waals surface area contributed by atoms with Crippen LogP contribution in [0.1, 0.15) is 25.5 Å². The maximum absolute atomic E-state index is 6.27. The van der Waals surface area contributed by atoms with Crippen molar-refractivity contribution in [2.75, 3.05) is 25.7 Å². The van der Waals surface area contributed by atoms with E-state index in [0.717, 1.165) is 16.3 Å². The summed E-state index contributed by atoms with van der Waals surface area (Å²) in [4.78, 5) is 2.11. The van der Waals surface area contributed by atoms with Gasteiger partial charge in [-0.05, 0) is 31.5 Å². The van der Waals surface area contributed by atoms with Crippen LogP contribution in [-0.4, -0.2) is 26.8 Å². The Morgan fingerprint density at radius 1 is 1.41 bits per heavy atom. The SMILES string of the molecule is COCC(C)N(C)c1ccc(C(C)N)cc1Cl. The van der Waals surface area contributed by atoms with Gasteiger partial charge < -0.3 is 15.4 Å². The third-order valence-corrected chi connectivity index (χ3v) is 3.25. The van der Waals surface area contributed by atoms with Crippen molar-refractivity contribution in [3.63, 3.8) is 0 Å². The molecule has 0 bridgehead atoms. The Hall–Kier alpha value is -0.770. The van der Waals surface area contributed by atoms with E-state index in [9.17, 15) is 0 Å². The van der Waals surface area contributed by atoms with Crippen LogP contribution in [0.4, 0.5) is 5.69 Å². The van der Waals surface area contributed by atoms with E-state index in [1.54, 1.807) is 7.11 Å². The summed E-state index contributed by atoms with van der Waals surface area (Å²) in [5.74, 6) is 0. The van der Waals surface area contributed by atoms with Crippen LogP contribution in [-0.2, 0) is 4.74 Å². The number of rotatable bonds is 5. The van der Waals surface area contributed by atoms with E-state index in [4.69, 9.17) is 22.1 Å². The Labute approximate surface area is 109 Å². The Kier molecular flexibility index (Phi) is 5.25. The molecule has 17 heavy (non-hydrogen) atoms. The molecule has 1 aromatic carbocycles. The Balaban J connectivity index is 2.91. The van der Waals surface area contributed by atoms with E-state index in [2.05, 4.69) is 11.8 Å². The number of nitrogens with zero attached hydrogens (tertiary/aromatic N) is 1. The molecule has 0 aliphatic rings. The van der Waals surface area contributed by atoms with Crippen molar-refractivity contribution >= 4 is 17.3 Å². The van der Waals surface area contributed by atoms with Crippen LogP contribution in [0, 0.1) is 0 Å². The van der Waals surface area contributed by atoms with Gasteiger partial charge in [-0.15, -0.1) is 0 Å². The number of hydrogen-bond acceptors (Lipinski definition) is 3. The van der Waals surface area contributed by atoms with Gasteiger partial charge in [0.1, 0.15) is 0 Å². The zero-order valence-electron chi connectivity index (χ0n) is 10.9. The van der Waals surface area contributed by atoms with Crippen molar-refractivity contribution in [3.05, 3.63) is 28.8 Å². The maximum atomic E-state index is 6.27. The molecule has 96 valence electrons. The summed E-state index contributed by atoms with van der Waals surface area (Å²) in [7, 11) is 3.71. The van der Waals surface area contributed by atoms with Gasteiger partial charge in [0.25, 0.3) is 0 Å². The molecule has 0 spiro atoms. The highest BCUT2D eigenvalue weighted by atomic mass is 35.5. The van der Waals surface area contributed by atoms with E-state index < -0.39 is 0 Å². The number of anilines is 1. The number of nitrogens with two attached hydrogens (primary N) is 1. The fraction of sp³-hybridized carbons (Fsp3) is 0.538. The molecule has 1 aromatic rings. The first-order chi connectivity index (χ1) is 7.97. The van der Waals surface area contributed by atoms with E-state index in [1.807, 2.05) is 32.2 Å². The normalized spacial score (nSPS) is 14.5. The summed E-state index contributed by atoms with van der Waals surface area (Å²) in [6, 6.07) is 6.23. The largest absolute Gasteiger partial charge is 0.383 e. The first-order valence-corrected chi connectivity index (χ1v) is 6.12. The molecule has 2 unspecified atom stereocenters. The molecule has 0 aliphatic carbocycles. The smallest absolute Gasteiger partial charge is 0.0663 e. The summed E-state index contributed by atoms with van der Waals surface area (Å²) < 4.78 is 5.14. The summed E-state index contributed by atoms with van der Waals surface area (Å²) in [5.41, 5.74) is 7.87. The second-order valence-corrected chi connectivity index (χ2v) is 4.82. The molecule has 3 nitrogen and oxygen atoms in total.